The van der Waals surface area contributed by atoms with E-state index in [4.69, 9.17) is 11.6 Å². The summed E-state index contributed by atoms with van der Waals surface area (Å²) in [4.78, 5) is 30.6. The molecule has 1 N–H and O–H groups in total. The first-order valence-electron chi connectivity index (χ1n) is 13.6. The molecule has 2 amide bonds. The molecule has 4 nitrogen and oxygen atoms in total. The molecule has 38 heavy (non-hydrogen) atoms. The predicted octanol–water partition coefficient (Wildman–Crippen LogP) is 7.22. The number of nitrogens with zero attached hydrogens (tertiary/aromatic N) is 1. The fourth-order valence-corrected chi connectivity index (χ4v) is 5.97. The maximum atomic E-state index is 13.8. The van der Waals surface area contributed by atoms with Crippen LogP contribution >= 0.6 is 23.4 Å². The summed E-state index contributed by atoms with van der Waals surface area (Å²) in [5.41, 5.74) is 3.23. The van der Waals surface area contributed by atoms with Gasteiger partial charge >= 0.3 is 0 Å². The second-order valence-electron chi connectivity index (χ2n) is 10.0. The molecule has 0 heterocycles. The van der Waals surface area contributed by atoms with Crippen molar-refractivity contribution in [2.75, 3.05) is 5.75 Å². The summed E-state index contributed by atoms with van der Waals surface area (Å²) in [6.07, 6.45) is 6.36. The molecule has 6 heteroatoms. The summed E-state index contributed by atoms with van der Waals surface area (Å²) >= 11 is 7.65. The standard InChI is InChI=1S/C32H37ClN2O2S/c1-24-10-8-9-13-26(24)23-35(31(36)20-21-38-29-18-16-27(33)17-19-29)30(22-25-11-4-2-5-12-25)32(37)34-28-14-6-3-7-15-28/h2,4-5,8-13,16-19,28,30H,3,6-7,14-15,20-23H2,1H3,(H,34,37)/t30-/m0/s1. The van der Waals surface area contributed by atoms with Gasteiger partial charge in [-0.1, -0.05) is 85.5 Å². The van der Waals surface area contributed by atoms with Crippen LogP contribution in [0.15, 0.2) is 83.8 Å². The SMILES string of the molecule is Cc1ccccc1CN(C(=O)CCSc1ccc(Cl)cc1)[C@@H](Cc1ccccc1)C(=O)NC1CCCCC1. The number of aryl methyl sites for hydroxylation is 1. The van der Waals surface area contributed by atoms with Gasteiger partial charge in [-0.25, -0.2) is 0 Å². The van der Waals surface area contributed by atoms with Crippen molar-refractivity contribution in [3.05, 3.63) is 101 Å². The smallest absolute Gasteiger partial charge is 0.243 e. The van der Waals surface area contributed by atoms with E-state index >= 15 is 0 Å². The second kappa shape index (κ2) is 14.4. The zero-order chi connectivity index (χ0) is 26.7. The third-order valence-corrected chi connectivity index (χ3v) is 8.49. The van der Waals surface area contributed by atoms with Crippen molar-refractivity contribution in [2.45, 2.75) is 75.4 Å². The van der Waals surface area contributed by atoms with Crippen molar-refractivity contribution in [1.29, 1.82) is 0 Å². The maximum Gasteiger partial charge on any atom is 0.243 e. The van der Waals surface area contributed by atoms with Gasteiger partial charge in [0.25, 0.3) is 0 Å². The molecule has 0 aromatic heterocycles. The van der Waals surface area contributed by atoms with Gasteiger partial charge < -0.3 is 10.2 Å². The highest BCUT2D eigenvalue weighted by molar-refractivity contribution is 7.99. The average Bonchev–Trinajstić information content (AvgIpc) is 2.93. The third kappa shape index (κ3) is 8.37. The first-order chi connectivity index (χ1) is 18.5. The lowest BCUT2D eigenvalue weighted by Crippen LogP contribution is -2.53. The zero-order valence-electron chi connectivity index (χ0n) is 22.1. The van der Waals surface area contributed by atoms with Crippen LogP contribution in [0.4, 0.5) is 0 Å². The predicted molar refractivity (Wildman–Crippen MR) is 157 cm³/mol. The number of benzene rings is 3. The second-order valence-corrected chi connectivity index (χ2v) is 11.7. The van der Waals surface area contributed by atoms with Crippen molar-refractivity contribution < 1.29 is 9.59 Å². The lowest BCUT2D eigenvalue weighted by Gasteiger charge is -2.34. The van der Waals surface area contributed by atoms with Crippen LogP contribution in [0, 0.1) is 6.92 Å². The highest BCUT2D eigenvalue weighted by Crippen LogP contribution is 2.24. The van der Waals surface area contributed by atoms with Crippen LogP contribution in [-0.2, 0) is 22.6 Å². The Labute approximate surface area is 236 Å². The molecule has 4 rings (SSSR count). The largest absolute Gasteiger partial charge is 0.352 e. The van der Waals surface area contributed by atoms with Gasteiger partial charge in [0, 0.05) is 41.1 Å². The molecule has 0 radical (unpaired) electrons. The Hall–Kier alpha value is -2.76. The Balaban J connectivity index is 1.56. The fourth-order valence-electron chi connectivity index (χ4n) is 5.00. The van der Waals surface area contributed by atoms with Crippen molar-refractivity contribution in [2.24, 2.45) is 0 Å². The quantitative estimate of drug-likeness (QED) is 0.257. The molecule has 0 aliphatic heterocycles. The molecule has 1 atom stereocenters. The zero-order valence-corrected chi connectivity index (χ0v) is 23.6. The normalized spacial score (nSPS) is 14.6. The fraction of sp³-hybridized carbons (Fsp3) is 0.375. The summed E-state index contributed by atoms with van der Waals surface area (Å²) in [5.74, 6) is 0.579. The van der Waals surface area contributed by atoms with E-state index < -0.39 is 6.04 Å². The van der Waals surface area contributed by atoms with E-state index in [1.807, 2.05) is 71.6 Å². The van der Waals surface area contributed by atoms with Gasteiger partial charge in [-0.3, -0.25) is 9.59 Å². The highest BCUT2D eigenvalue weighted by Gasteiger charge is 2.32. The van der Waals surface area contributed by atoms with Gasteiger partial charge in [-0.2, -0.15) is 0 Å². The van der Waals surface area contributed by atoms with E-state index in [2.05, 4.69) is 24.4 Å². The monoisotopic (exact) mass is 548 g/mol. The van der Waals surface area contributed by atoms with Crippen LogP contribution in [0.1, 0.15) is 55.2 Å². The molecule has 0 unspecified atom stereocenters. The Kier molecular flexibility index (Phi) is 10.7. The summed E-state index contributed by atoms with van der Waals surface area (Å²) in [5, 5.41) is 4.01. The van der Waals surface area contributed by atoms with Crippen molar-refractivity contribution in [3.63, 3.8) is 0 Å². The summed E-state index contributed by atoms with van der Waals surface area (Å²) in [7, 11) is 0. The summed E-state index contributed by atoms with van der Waals surface area (Å²) in [6.45, 7) is 2.47. The maximum absolute atomic E-state index is 13.8. The molecule has 0 spiro atoms. The van der Waals surface area contributed by atoms with E-state index in [0.717, 1.165) is 47.3 Å². The van der Waals surface area contributed by atoms with Crippen molar-refractivity contribution in [3.8, 4) is 0 Å². The van der Waals surface area contributed by atoms with Crippen molar-refractivity contribution in [1.82, 2.24) is 10.2 Å². The Bertz CT molecular complexity index is 1180. The number of hydrogen-bond donors (Lipinski definition) is 1. The molecular formula is C32H37ClN2O2S. The van der Waals surface area contributed by atoms with E-state index in [9.17, 15) is 9.59 Å². The third-order valence-electron chi connectivity index (χ3n) is 7.22. The van der Waals surface area contributed by atoms with Gasteiger partial charge in [0.2, 0.25) is 11.8 Å². The van der Waals surface area contributed by atoms with E-state index in [1.165, 1.54) is 6.42 Å². The van der Waals surface area contributed by atoms with Gasteiger partial charge in [-0.15, -0.1) is 11.8 Å². The number of amides is 2. The summed E-state index contributed by atoms with van der Waals surface area (Å²) in [6, 6.07) is 25.4. The lowest BCUT2D eigenvalue weighted by molar-refractivity contribution is -0.141. The first-order valence-corrected chi connectivity index (χ1v) is 14.9. The summed E-state index contributed by atoms with van der Waals surface area (Å²) < 4.78 is 0. The minimum absolute atomic E-state index is 0.00515. The van der Waals surface area contributed by atoms with Gasteiger partial charge in [0.1, 0.15) is 6.04 Å². The molecule has 0 bridgehead atoms. The molecule has 1 aliphatic carbocycles. The van der Waals surface area contributed by atoms with E-state index in [1.54, 1.807) is 11.8 Å². The number of rotatable bonds is 11. The number of nitrogens with one attached hydrogen (secondary N) is 1. The molecule has 1 saturated carbocycles. The number of hydrogen-bond acceptors (Lipinski definition) is 3. The van der Waals surface area contributed by atoms with Gasteiger partial charge in [-0.05, 0) is 60.7 Å². The molecule has 1 fully saturated rings. The van der Waals surface area contributed by atoms with Crippen LogP contribution in [0.3, 0.4) is 0 Å². The Morgan fingerprint density at radius 1 is 0.947 bits per heavy atom. The molecular weight excluding hydrogens is 512 g/mol. The van der Waals surface area contributed by atoms with Crippen LogP contribution in [0.2, 0.25) is 5.02 Å². The molecule has 200 valence electrons. The number of thioether (sulfide) groups is 1. The topological polar surface area (TPSA) is 49.4 Å². The van der Waals surface area contributed by atoms with Crippen LogP contribution < -0.4 is 5.32 Å². The van der Waals surface area contributed by atoms with Crippen LogP contribution in [-0.4, -0.2) is 34.6 Å². The minimum atomic E-state index is -0.577. The average molecular weight is 549 g/mol. The molecule has 3 aromatic carbocycles. The first kappa shape index (κ1) is 28.3. The minimum Gasteiger partial charge on any atom is -0.352 e. The Morgan fingerprint density at radius 3 is 2.34 bits per heavy atom. The van der Waals surface area contributed by atoms with Gasteiger partial charge in [0.15, 0.2) is 0 Å². The van der Waals surface area contributed by atoms with Gasteiger partial charge in [0.05, 0.1) is 0 Å². The van der Waals surface area contributed by atoms with E-state index in [-0.39, 0.29) is 17.9 Å². The Morgan fingerprint density at radius 2 is 1.63 bits per heavy atom. The van der Waals surface area contributed by atoms with Crippen LogP contribution in [0.5, 0.6) is 0 Å². The van der Waals surface area contributed by atoms with Crippen molar-refractivity contribution >= 4 is 35.2 Å². The molecule has 3 aromatic rings. The van der Waals surface area contributed by atoms with E-state index in [0.29, 0.717) is 30.2 Å². The molecule has 0 saturated heterocycles. The number of carbonyl (C=O) groups excluding carboxylic acids is 2. The number of halogens is 1. The molecule has 1 aliphatic rings. The number of carbonyl (C=O) groups is 2. The lowest BCUT2D eigenvalue weighted by atomic mass is 9.94. The van der Waals surface area contributed by atoms with Crippen LogP contribution in [0.25, 0.3) is 0 Å². The highest BCUT2D eigenvalue weighted by atomic mass is 35.5.